The zero-order valence-corrected chi connectivity index (χ0v) is 29.1. The van der Waals surface area contributed by atoms with E-state index in [0.29, 0.717) is 15.6 Å². The van der Waals surface area contributed by atoms with Gasteiger partial charge in [-0.3, -0.25) is 13.9 Å². The molecule has 0 radical (unpaired) electrons. The number of nitrogens with zero attached hydrogens (tertiary/aromatic N) is 2. The van der Waals surface area contributed by atoms with E-state index in [9.17, 15) is 18.0 Å². The summed E-state index contributed by atoms with van der Waals surface area (Å²) in [6.07, 6.45) is 0.178. The molecule has 0 heterocycles. The number of hydrogen-bond donors (Lipinski definition) is 1. The van der Waals surface area contributed by atoms with E-state index in [1.807, 2.05) is 51.1 Å². The maximum atomic E-state index is 14.6. The Morgan fingerprint density at radius 1 is 0.783 bits per heavy atom. The molecule has 0 saturated heterocycles. The van der Waals surface area contributed by atoms with Crippen LogP contribution in [0.3, 0.4) is 0 Å². The van der Waals surface area contributed by atoms with E-state index in [2.05, 4.69) is 5.32 Å². The van der Waals surface area contributed by atoms with Crippen LogP contribution >= 0.6 is 34.8 Å². The number of nitrogens with one attached hydrogen (secondary N) is 1. The van der Waals surface area contributed by atoms with Gasteiger partial charge in [-0.25, -0.2) is 8.42 Å². The molecule has 0 aliphatic carbocycles. The average Bonchev–Trinajstić information content (AvgIpc) is 3.00. The van der Waals surface area contributed by atoms with Gasteiger partial charge in [0, 0.05) is 23.5 Å². The fraction of sp³-hybridized carbons (Fsp3) is 0.257. The summed E-state index contributed by atoms with van der Waals surface area (Å²) in [5.74, 6) is -0.993. The third kappa shape index (κ3) is 9.04. The van der Waals surface area contributed by atoms with Crippen LogP contribution < -0.4 is 9.62 Å². The van der Waals surface area contributed by atoms with Crippen LogP contribution in [0.5, 0.6) is 0 Å². The summed E-state index contributed by atoms with van der Waals surface area (Å²) in [7, 11) is -4.24. The van der Waals surface area contributed by atoms with Gasteiger partial charge < -0.3 is 10.2 Å². The second-order valence-corrected chi connectivity index (χ2v) is 15.1. The molecular weight excluding hydrogens is 665 g/mol. The topological polar surface area (TPSA) is 86.8 Å². The molecule has 0 bridgehead atoms. The summed E-state index contributed by atoms with van der Waals surface area (Å²) >= 11 is 19.0. The van der Waals surface area contributed by atoms with Gasteiger partial charge in [-0.1, -0.05) is 95.5 Å². The van der Waals surface area contributed by atoms with Crippen molar-refractivity contribution in [3.8, 4) is 0 Å². The number of hydrogen-bond acceptors (Lipinski definition) is 4. The van der Waals surface area contributed by atoms with Crippen molar-refractivity contribution in [1.29, 1.82) is 0 Å². The van der Waals surface area contributed by atoms with Crippen molar-refractivity contribution in [1.82, 2.24) is 10.2 Å². The van der Waals surface area contributed by atoms with E-state index in [0.717, 1.165) is 15.4 Å². The van der Waals surface area contributed by atoms with Crippen LogP contribution in [-0.4, -0.2) is 43.3 Å². The lowest BCUT2D eigenvalue weighted by atomic mass is 10.0. The van der Waals surface area contributed by atoms with Crippen molar-refractivity contribution in [3.63, 3.8) is 0 Å². The Labute approximate surface area is 286 Å². The summed E-state index contributed by atoms with van der Waals surface area (Å²) in [6.45, 7) is 6.71. The van der Waals surface area contributed by atoms with Gasteiger partial charge in [-0.2, -0.15) is 0 Å². The average molecular weight is 701 g/mol. The molecular formula is C35H36Cl3N3O4S. The predicted octanol–water partition coefficient (Wildman–Crippen LogP) is 7.71. The first-order valence-corrected chi connectivity index (χ1v) is 17.2. The normalized spacial score (nSPS) is 12.3. The number of amides is 2. The van der Waals surface area contributed by atoms with E-state index in [4.69, 9.17) is 34.8 Å². The monoisotopic (exact) mass is 699 g/mol. The summed E-state index contributed by atoms with van der Waals surface area (Å²) in [5, 5.41) is 3.98. The number of anilines is 1. The molecule has 0 unspecified atom stereocenters. The molecule has 7 nitrogen and oxygen atoms in total. The van der Waals surface area contributed by atoms with Crippen LogP contribution in [0.1, 0.15) is 37.5 Å². The van der Waals surface area contributed by atoms with Crippen LogP contribution in [0.25, 0.3) is 0 Å². The van der Waals surface area contributed by atoms with Gasteiger partial charge in [0.15, 0.2) is 0 Å². The van der Waals surface area contributed by atoms with Gasteiger partial charge in [0.2, 0.25) is 11.8 Å². The van der Waals surface area contributed by atoms with Crippen molar-refractivity contribution in [2.75, 3.05) is 10.8 Å². The maximum Gasteiger partial charge on any atom is 0.264 e. The number of carbonyl (C=O) groups excluding carboxylic acids is 2. The molecule has 0 fully saturated rings. The number of carbonyl (C=O) groups is 2. The lowest BCUT2D eigenvalue weighted by Crippen LogP contribution is -2.56. The molecule has 0 spiro atoms. The van der Waals surface area contributed by atoms with E-state index >= 15 is 0 Å². The van der Waals surface area contributed by atoms with Gasteiger partial charge in [-0.15, -0.1) is 0 Å². The van der Waals surface area contributed by atoms with Crippen molar-refractivity contribution in [3.05, 3.63) is 129 Å². The predicted molar refractivity (Wildman–Crippen MR) is 186 cm³/mol. The van der Waals surface area contributed by atoms with Crippen LogP contribution in [-0.2, 0) is 32.6 Å². The SMILES string of the molecule is Cc1ccc(N(CC(=O)N(Cc2ccc(Cl)c(Cl)c2)[C@@H](Cc2ccccc2)C(=O)NC(C)(C)C)S(=O)(=O)c2ccccc2)cc1Cl. The van der Waals surface area contributed by atoms with Crippen molar-refractivity contribution in [2.24, 2.45) is 0 Å². The summed E-state index contributed by atoms with van der Waals surface area (Å²) in [4.78, 5) is 29.9. The third-order valence-corrected chi connectivity index (χ3v) is 10.1. The number of benzene rings is 4. The van der Waals surface area contributed by atoms with E-state index in [1.54, 1.807) is 55.5 Å². The second kappa shape index (κ2) is 14.9. The number of rotatable bonds is 11. The molecule has 4 aromatic carbocycles. The number of sulfonamides is 1. The van der Waals surface area contributed by atoms with Gasteiger partial charge >= 0.3 is 0 Å². The van der Waals surface area contributed by atoms with Crippen LogP contribution in [0.2, 0.25) is 15.1 Å². The highest BCUT2D eigenvalue weighted by Gasteiger charge is 2.35. The zero-order chi connectivity index (χ0) is 33.6. The second-order valence-electron chi connectivity index (χ2n) is 12.0. The molecule has 0 aliphatic heterocycles. The van der Waals surface area contributed by atoms with E-state index in [1.165, 1.54) is 23.1 Å². The summed E-state index contributed by atoms with van der Waals surface area (Å²) in [5.41, 5.74) is 1.78. The van der Waals surface area contributed by atoms with Gasteiger partial charge in [0.05, 0.1) is 20.6 Å². The van der Waals surface area contributed by atoms with E-state index in [-0.39, 0.29) is 34.5 Å². The van der Waals surface area contributed by atoms with Crippen molar-refractivity contribution in [2.45, 2.75) is 57.1 Å². The van der Waals surface area contributed by atoms with Crippen molar-refractivity contribution < 1.29 is 18.0 Å². The Morgan fingerprint density at radius 3 is 2.00 bits per heavy atom. The quantitative estimate of drug-likeness (QED) is 0.174. The number of aryl methyl sites for hydroxylation is 1. The molecule has 11 heteroatoms. The molecule has 1 atom stereocenters. The molecule has 0 aromatic heterocycles. The molecule has 1 N–H and O–H groups in total. The number of halogens is 3. The lowest BCUT2D eigenvalue weighted by Gasteiger charge is -2.35. The van der Waals surface area contributed by atoms with Crippen LogP contribution in [0, 0.1) is 6.92 Å². The van der Waals surface area contributed by atoms with Crippen LogP contribution in [0.15, 0.2) is 102 Å². The lowest BCUT2D eigenvalue weighted by molar-refractivity contribution is -0.140. The molecule has 0 aliphatic rings. The minimum Gasteiger partial charge on any atom is -0.350 e. The van der Waals surface area contributed by atoms with Gasteiger partial charge in [0.25, 0.3) is 10.0 Å². The zero-order valence-electron chi connectivity index (χ0n) is 26.0. The maximum absolute atomic E-state index is 14.6. The minimum absolute atomic E-state index is 0.00171. The van der Waals surface area contributed by atoms with Crippen LogP contribution in [0.4, 0.5) is 5.69 Å². The highest BCUT2D eigenvalue weighted by atomic mass is 35.5. The smallest absolute Gasteiger partial charge is 0.264 e. The summed E-state index contributed by atoms with van der Waals surface area (Å²) < 4.78 is 29.2. The Balaban J connectivity index is 1.84. The Kier molecular flexibility index (Phi) is 11.4. The minimum atomic E-state index is -4.24. The molecule has 242 valence electrons. The molecule has 4 rings (SSSR count). The standard InChI is InChI=1S/C35H36Cl3N3O4S/c1-24-15-17-27(21-30(24)37)41(46(44,45)28-13-9-6-10-14-28)23-33(42)40(22-26-16-18-29(36)31(38)19-26)32(34(43)39-35(2,3)4)20-25-11-7-5-8-12-25/h5-19,21,32H,20,22-23H2,1-4H3,(H,39,43)/t32-/m0/s1. The molecule has 4 aromatic rings. The molecule has 2 amide bonds. The first-order valence-electron chi connectivity index (χ1n) is 14.6. The molecule has 46 heavy (non-hydrogen) atoms. The van der Waals surface area contributed by atoms with Gasteiger partial charge in [-0.05, 0) is 80.8 Å². The highest BCUT2D eigenvalue weighted by molar-refractivity contribution is 7.92. The Bertz CT molecular complexity index is 1800. The first kappa shape index (κ1) is 35.3. The largest absolute Gasteiger partial charge is 0.350 e. The Hall–Kier alpha value is -3.56. The fourth-order valence-electron chi connectivity index (χ4n) is 4.83. The third-order valence-electron chi connectivity index (χ3n) is 7.16. The summed E-state index contributed by atoms with van der Waals surface area (Å²) in [6, 6.07) is 25.9. The first-order chi connectivity index (χ1) is 21.7. The van der Waals surface area contributed by atoms with Gasteiger partial charge in [0.1, 0.15) is 12.6 Å². The van der Waals surface area contributed by atoms with E-state index < -0.39 is 34.1 Å². The fourth-order valence-corrected chi connectivity index (χ4v) is 6.75. The van der Waals surface area contributed by atoms with Crippen molar-refractivity contribution >= 4 is 62.3 Å². The molecule has 0 saturated carbocycles. The Morgan fingerprint density at radius 2 is 1.41 bits per heavy atom. The highest BCUT2D eigenvalue weighted by Crippen LogP contribution is 2.29.